The van der Waals surface area contributed by atoms with E-state index < -0.39 is 17.4 Å². The van der Waals surface area contributed by atoms with Crippen LogP contribution in [0.25, 0.3) is 0 Å². The molecule has 2 fully saturated rings. The molecule has 2 heterocycles. The van der Waals surface area contributed by atoms with E-state index in [1.54, 1.807) is 13.8 Å². The van der Waals surface area contributed by atoms with Crippen LogP contribution in [0.3, 0.4) is 0 Å². The lowest BCUT2D eigenvalue weighted by molar-refractivity contribution is -0.156. The lowest BCUT2D eigenvalue weighted by atomic mass is 9.98. The maximum Gasteiger partial charge on any atom is 0.252 e. The molecule has 2 aliphatic rings. The van der Waals surface area contributed by atoms with Crippen LogP contribution in [0.4, 0.5) is 0 Å². The highest BCUT2D eigenvalue weighted by molar-refractivity contribution is 6.06. The molecule has 0 aromatic carbocycles. The lowest BCUT2D eigenvalue weighted by Crippen LogP contribution is -2.66. The highest BCUT2D eigenvalue weighted by Crippen LogP contribution is 2.18. The molecule has 0 bridgehead atoms. The zero-order chi connectivity index (χ0) is 14.0. The first kappa shape index (κ1) is 14.0. The monoisotopic (exact) mass is 268 g/mol. The second kappa shape index (κ2) is 5.26. The molecule has 2 rings (SSSR count). The van der Waals surface area contributed by atoms with E-state index in [2.05, 4.69) is 10.6 Å². The maximum atomic E-state index is 12.3. The van der Waals surface area contributed by atoms with Crippen molar-refractivity contribution < 1.29 is 14.4 Å². The van der Waals surface area contributed by atoms with Crippen LogP contribution in [-0.2, 0) is 14.4 Å². The fourth-order valence-electron chi connectivity index (χ4n) is 2.33. The number of imide groups is 1. The lowest BCUT2D eigenvalue weighted by Gasteiger charge is -2.41. The van der Waals surface area contributed by atoms with Crippen molar-refractivity contribution in [2.45, 2.75) is 19.4 Å². The van der Waals surface area contributed by atoms with E-state index in [1.165, 1.54) is 4.90 Å². The summed E-state index contributed by atoms with van der Waals surface area (Å²) in [5.41, 5.74) is -0.973. The summed E-state index contributed by atoms with van der Waals surface area (Å²) in [5.74, 6) is -1.01. The van der Waals surface area contributed by atoms with E-state index in [0.29, 0.717) is 0 Å². The fourth-order valence-corrected chi connectivity index (χ4v) is 2.33. The molecule has 19 heavy (non-hydrogen) atoms. The average molecular weight is 268 g/mol. The Morgan fingerprint density at radius 2 is 1.89 bits per heavy atom. The third kappa shape index (κ3) is 2.93. The maximum absolute atomic E-state index is 12.3. The topological polar surface area (TPSA) is 81.8 Å². The van der Waals surface area contributed by atoms with Crippen LogP contribution in [0.2, 0.25) is 0 Å². The Morgan fingerprint density at radius 3 is 2.53 bits per heavy atom. The van der Waals surface area contributed by atoms with Gasteiger partial charge in [-0.3, -0.25) is 24.6 Å². The van der Waals surface area contributed by atoms with Gasteiger partial charge < -0.3 is 10.2 Å². The summed E-state index contributed by atoms with van der Waals surface area (Å²) in [4.78, 5) is 38.9. The van der Waals surface area contributed by atoms with Gasteiger partial charge in [-0.1, -0.05) is 0 Å². The molecule has 0 spiro atoms. The Morgan fingerprint density at radius 1 is 1.26 bits per heavy atom. The van der Waals surface area contributed by atoms with Gasteiger partial charge in [0.05, 0.1) is 6.54 Å². The van der Waals surface area contributed by atoms with Gasteiger partial charge in [0.25, 0.3) is 5.91 Å². The van der Waals surface area contributed by atoms with Gasteiger partial charge in [-0.15, -0.1) is 0 Å². The van der Waals surface area contributed by atoms with Crippen molar-refractivity contribution in [3.8, 4) is 0 Å². The minimum Gasteiger partial charge on any atom is -0.318 e. The van der Waals surface area contributed by atoms with Gasteiger partial charge >= 0.3 is 0 Å². The van der Waals surface area contributed by atoms with Gasteiger partial charge in [-0.2, -0.15) is 0 Å². The number of hydrogen-bond donors (Lipinski definition) is 2. The Hall–Kier alpha value is -1.47. The molecule has 2 saturated heterocycles. The molecule has 0 aliphatic carbocycles. The number of piperazine rings is 2. The van der Waals surface area contributed by atoms with Crippen LogP contribution in [0.5, 0.6) is 0 Å². The molecule has 2 N–H and O–H groups in total. The first-order valence-corrected chi connectivity index (χ1v) is 6.49. The summed E-state index contributed by atoms with van der Waals surface area (Å²) in [6, 6.07) is 0. The number of amides is 3. The van der Waals surface area contributed by atoms with Gasteiger partial charge in [-0.25, -0.2) is 0 Å². The normalized spacial score (nSPS) is 24.2. The molecule has 0 aromatic heterocycles. The molecule has 3 amide bonds. The van der Waals surface area contributed by atoms with Crippen LogP contribution in [0.1, 0.15) is 13.8 Å². The Bertz CT molecular complexity index is 402. The highest BCUT2D eigenvalue weighted by atomic mass is 16.2. The van der Waals surface area contributed by atoms with Gasteiger partial charge in [0.1, 0.15) is 12.1 Å². The van der Waals surface area contributed by atoms with Crippen LogP contribution in [0, 0.1) is 0 Å². The van der Waals surface area contributed by atoms with E-state index in [4.69, 9.17) is 0 Å². The van der Waals surface area contributed by atoms with Gasteiger partial charge in [0.2, 0.25) is 11.8 Å². The van der Waals surface area contributed by atoms with Crippen molar-refractivity contribution in [2.75, 3.05) is 39.3 Å². The Kier molecular flexibility index (Phi) is 3.86. The molecule has 106 valence electrons. The third-order valence-corrected chi connectivity index (χ3v) is 3.65. The molecular weight excluding hydrogens is 248 g/mol. The summed E-state index contributed by atoms with van der Waals surface area (Å²) in [7, 11) is 0. The van der Waals surface area contributed by atoms with E-state index in [1.807, 2.05) is 4.90 Å². The minimum atomic E-state index is -0.973. The molecule has 0 saturated carbocycles. The molecule has 0 aromatic rings. The predicted molar refractivity (Wildman–Crippen MR) is 68.3 cm³/mol. The second-order valence-electron chi connectivity index (χ2n) is 5.44. The van der Waals surface area contributed by atoms with Crippen molar-refractivity contribution >= 4 is 17.7 Å². The molecule has 7 heteroatoms. The summed E-state index contributed by atoms with van der Waals surface area (Å²) < 4.78 is 0. The summed E-state index contributed by atoms with van der Waals surface area (Å²) in [5, 5.41) is 5.48. The van der Waals surface area contributed by atoms with Gasteiger partial charge in [0, 0.05) is 26.2 Å². The first-order chi connectivity index (χ1) is 8.91. The minimum absolute atomic E-state index is 0.0519. The third-order valence-electron chi connectivity index (χ3n) is 3.65. The van der Waals surface area contributed by atoms with Crippen molar-refractivity contribution in [3.63, 3.8) is 0 Å². The van der Waals surface area contributed by atoms with Crippen molar-refractivity contribution in [3.05, 3.63) is 0 Å². The summed E-state index contributed by atoms with van der Waals surface area (Å²) >= 11 is 0. The Balaban J connectivity index is 2.03. The first-order valence-electron chi connectivity index (χ1n) is 6.49. The smallest absolute Gasteiger partial charge is 0.252 e. The standard InChI is InChI=1S/C12H20N4O3/c1-12(2)11(19)14-9(17)7-16(12)10(18)8-15-5-3-13-4-6-15/h13H,3-8H2,1-2H3,(H,14,17,19). The number of rotatable bonds is 2. The van der Waals surface area contributed by atoms with Gasteiger partial charge in [0.15, 0.2) is 0 Å². The van der Waals surface area contributed by atoms with Gasteiger partial charge in [-0.05, 0) is 13.8 Å². The molecule has 0 radical (unpaired) electrons. The number of hydrogen-bond acceptors (Lipinski definition) is 5. The van der Waals surface area contributed by atoms with E-state index in [9.17, 15) is 14.4 Å². The number of nitrogens with zero attached hydrogens (tertiary/aromatic N) is 2. The van der Waals surface area contributed by atoms with Crippen molar-refractivity contribution in [2.24, 2.45) is 0 Å². The largest absolute Gasteiger partial charge is 0.318 e. The average Bonchev–Trinajstić information content (AvgIpc) is 2.35. The molecular formula is C12H20N4O3. The van der Waals surface area contributed by atoms with Crippen LogP contribution >= 0.6 is 0 Å². The zero-order valence-corrected chi connectivity index (χ0v) is 11.4. The summed E-state index contributed by atoms with van der Waals surface area (Å²) in [6.07, 6.45) is 0. The number of carbonyl (C=O) groups excluding carboxylic acids is 3. The van der Waals surface area contributed by atoms with Crippen LogP contribution in [0.15, 0.2) is 0 Å². The van der Waals surface area contributed by atoms with Crippen molar-refractivity contribution in [1.82, 2.24) is 20.4 Å². The van der Waals surface area contributed by atoms with Crippen LogP contribution in [-0.4, -0.2) is 72.3 Å². The van der Waals surface area contributed by atoms with Crippen LogP contribution < -0.4 is 10.6 Å². The number of carbonyl (C=O) groups is 3. The fraction of sp³-hybridized carbons (Fsp3) is 0.750. The molecule has 0 atom stereocenters. The summed E-state index contributed by atoms with van der Waals surface area (Å²) in [6.45, 7) is 6.84. The second-order valence-corrected chi connectivity index (χ2v) is 5.44. The Labute approximate surface area is 112 Å². The van der Waals surface area contributed by atoms with Crippen molar-refractivity contribution in [1.29, 1.82) is 0 Å². The SMILES string of the molecule is CC1(C)C(=O)NC(=O)CN1C(=O)CN1CCNCC1. The molecule has 0 unspecified atom stereocenters. The van der Waals surface area contributed by atoms with E-state index in [-0.39, 0.29) is 19.0 Å². The van der Waals surface area contributed by atoms with E-state index >= 15 is 0 Å². The quantitative estimate of drug-likeness (QED) is 0.575. The van der Waals surface area contributed by atoms with E-state index in [0.717, 1.165) is 26.2 Å². The zero-order valence-electron chi connectivity index (χ0n) is 11.4. The predicted octanol–water partition coefficient (Wildman–Crippen LogP) is -1.84. The number of nitrogens with one attached hydrogen (secondary N) is 2. The highest BCUT2D eigenvalue weighted by Gasteiger charge is 2.43. The molecule has 7 nitrogen and oxygen atoms in total. The molecule has 2 aliphatic heterocycles.